The van der Waals surface area contributed by atoms with E-state index >= 15 is 0 Å². The highest BCUT2D eigenvalue weighted by Gasteiger charge is 2.47. The van der Waals surface area contributed by atoms with Crippen molar-refractivity contribution in [2.24, 2.45) is 0 Å². The molecule has 0 aliphatic carbocycles. The van der Waals surface area contributed by atoms with Crippen molar-refractivity contribution >= 4 is 17.4 Å². The van der Waals surface area contributed by atoms with Crippen LogP contribution in [0.1, 0.15) is 13.8 Å². The first-order valence-electron chi connectivity index (χ1n) is 6.48. The van der Waals surface area contributed by atoms with Gasteiger partial charge < -0.3 is 4.90 Å². The Morgan fingerprint density at radius 2 is 2.05 bits per heavy atom. The van der Waals surface area contributed by atoms with Crippen LogP contribution in [0.4, 0.5) is 19.0 Å². The minimum absolute atomic E-state index is 0.140. The molecule has 20 heavy (non-hydrogen) atoms. The summed E-state index contributed by atoms with van der Waals surface area (Å²) in [5.74, 6) is 0.423. The Balaban J connectivity index is 2.23. The molecule has 2 rings (SSSR count). The zero-order valence-electron chi connectivity index (χ0n) is 11.4. The third kappa shape index (κ3) is 3.17. The maximum absolute atomic E-state index is 13.2. The van der Waals surface area contributed by atoms with Crippen LogP contribution in [-0.4, -0.2) is 47.8 Å². The summed E-state index contributed by atoms with van der Waals surface area (Å²) in [6, 6.07) is 1.66. The molecule has 0 spiro atoms. The smallest absolute Gasteiger partial charge is 0.352 e. The van der Waals surface area contributed by atoms with Gasteiger partial charge in [0, 0.05) is 31.9 Å². The van der Waals surface area contributed by atoms with E-state index < -0.39 is 12.2 Å². The molecular weight excluding hydrogens is 291 g/mol. The Morgan fingerprint density at radius 3 is 2.60 bits per heavy atom. The van der Waals surface area contributed by atoms with Gasteiger partial charge in [0.15, 0.2) is 0 Å². The number of hydrogen-bond acceptors (Lipinski definition) is 3. The van der Waals surface area contributed by atoms with Crippen LogP contribution < -0.4 is 4.90 Å². The maximum atomic E-state index is 13.2. The SMILES string of the molecule is CC(C)N1CCN(c2ncccc2Cl)CC1C(F)(F)F. The fourth-order valence-corrected chi connectivity index (χ4v) is 2.75. The van der Waals surface area contributed by atoms with Gasteiger partial charge in [0.05, 0.1) is 5.02 Å². The minimum Gasteiger partial charge on any atom is -0.352 e. The maximum Gasteiger partial charge on any atom is 0.405 e. The Labute approximate surface area is 121 Å². The number of alkyl halides is 3. The van der Waals surface area contributed by atoms with E-state index in [0.717, 1.165) is 0 Å². The Hall–Kier alpha value is -1.01. The fourth-order valence-electron chi connectivity index (χ4n) is 2.51. The second kappa shape index (κ2) is 5.77. The molecule has 0 bridgehead atoms. The first kappa shape index (κ1) is 15.4. The Morgan fingerprint density at radius 1 is 1.35 bits per heavy atom. The van der Waals surface area contributed by atoms with Gasteiger partial charge in [0.2, 0.25) is 0 Å². The number of rotatable bonds is 2. The zero-order chi connectivity index (χ0) is 14.9. The van der Waals surface area contributed by atoms with Crippen molar-refractivity contribution in [2.45, 2.75) is 32.1 Å². The van der Waals surface area contributed by atoms with Crippen molar-refractivity contribution in [2.75, 3.05) is 24.5 Å². The number of halogens is 4. The number of piperazine rings is 1. The molecule has 7 heteroatoms. The van der Waals surface area contributed by atoms with Crippen LogP contribution in [0.5, 0.6) is 0 Å². The van der Waals surface area contributed by atoms with Crippen LogP contribution >= 0.6 is 11.6 Å². The summed E-state index contributed by atoms with van der Waals surface area (Å²) in [6.07, 6.45) is -2.72. The quantitative estimate of drug-likeness (QED) is 0.836. The van der Waals surface area contributed by atoms with E-state index in [4.69, 9.17) is 11.6 Å². The van der Waals surface area contributed by atoms with Crippen molar-refractivity contribution in [3.05, 3.63) is 23.4 Å². The largest absolute Gasteiger partial charge is 0.405 e. The van der Waals surface area contributed by atoms with Crippen molar-refractivity contribution in [3.63, 3.8) is 0 Å². The van der Waals surface area contributed by atoms with Gasteiger partial charge in [-0.3, -0.25) is 4.90 Å². The van der Waals surface area contributed by atoms with Crippen molar-refractivity contribution in [1.29, 1.82) is 0 Å². The van der Waals surface area contributed by atoms with Gasteiger partial charge in [0.25, 0.3) is 0 Å². The van der Waals surface area contributed by atoms with E-state index in [1.54, 1.807) is 37.1 Å². The molecule has 2 heterocycles. The molecule has 1 fully saturated rings. The van der Waals surface area contributed by atoms with E-state index in [1.807, 2.05) is 0 Å². The van der Waals surface area contributed by atoms with Crippen LogP contribution in [0.15, 0.2) is 18.3 Å². The van der Waals surface area contributed by atoms with E-state index in [2.05, 4.69) is 4.98 Å². The summed E-state index contributed by atoms with van der Waals surface area (Å²) in [4.78, 5) is 7.19. The normalized spacial score (nSPS) is 21.6. The molecule has 3 nitrogen and oxygen atoms in total. The highest BCUT2D eigenvalue weighted by Crippen LogP contribution is 2.32. The molecule has 1 atom stereocenters. The number of anilines is 1. The predicted molar refractivity (Wildman–Crippen MR) is 73.1 cm³/mol. The van der Waals surface area contributed by atoms with Gasteiger partial charge in [-0.05, 0) is 26.0 Å². The number of hydrogen-bond donors (Lipinski definition) is 0. The molecule has 0 saturated carbocycles. The molecular formula is C13H17ClF3N3. The first-order chi connectivity index (χ1) is 9.30. The van der Waals surface area contributed by atoms with E-state index in [-0.39, 0.29) is 12.6 Å². The highest BCUT2D eigenvalue weighted by molar-refractivity contribution is 6.32. The lowest BCUT2D eigenvalue weighted by atomic mass is 10.1. The van der Waals surface area contributed by atoms with Crippen LogP contribution in [0.2, 0.25) is 5.02 Å². The summed E-state index contributed by atoms with van der Waals surface area (Å²) in [7, 11) is 0. The van der Waals surface area contributed by atoms with E-state index in [0.29, 0.717) is 23.9 Å². The second-order valence-electron chi connectivity index (χ2n) is 5.14. The predicted octanol–water partition coefficient (Wildman–Crippen LogP) is 3.20. The van der Waals surface area contributed by atoms with E-state index in [1.165, 1.54) is 4.90 Å². The summed E-state index contributed by atoms with van der Waals surface area (Å²) in [6.45, 7) is 4.25. The number of aromatic nitrogens is 1. The van der Waals surface area contributed by atoms with Gasteiger partial charge in [0.1, 0.15) is 11.9 Å². The Bertz CT molecular complexity index is 464. The van der Waals surface area contributed by atoms with Crippen molar-refractivity contribution in [1.82, 2.24) is 9.88 Å². The highest BCUT2D eigenvalue weighted by atomic mass is 35.5. The first-order valence-corrected chi connectivity index (χ1v) is 6.86. The lowest BCUT2D eigenvalue weighted by molar-refractivity contribution is -0.189. The lowest BCUT2D eigenvalue weighted by Crippen LogP contribution is -2.61. The Kier molecular flexibility index (Phi) is 4.44. The monoisotopic (exact) mass is 307 g/mol. The third-order valence-corrected chi connectivity index (χ3v) is 3.80. The van der Waals surface area contributed by atoms with Gasteiger partial charge >= 0.3 is 6.18 Å². The topological polar surface area (TPSA) is 19.4 Å². The zero-order valence-corrected chi connectivity index (χ0v) is 12.1. The minimum atomic E-state index is -4.26. The molecule has 0 radical (unpaired) electrons. The number of nitrogens with zero attached hydrogens (tertiary/aromatic N) is 3. The average Bonchev–Trinajstić information content (AvgIpc) is 2.37. The fraction of sp³-hybridized carbons (Fsp3) is 0.615. The van der Waals surface area contributed by atoms with Gasteiger partial charge in [-0.1, -0.05) is 11.6 Å². The standard InChI is InChI=1S/C13H17ClF3N3/c1-9(2)20-7-6-19(8-11(20)13(15,16)17)12-10(14)4-3-5-18-12/h3-5,9,11H,6-8H2,1-2H3. The second-order valence-corrected chi connectivity index (χ2v) is 5.55. The van der Waals surface area contributed by atoms with Gasteiger partial charge in [-0.25, -0.2) is 4.98 Å². The molecule has 1 aliphatic heterocycles. The summed E-state index contributed by atoms with van der Waals surface area (Å²) >= 11 is 6.02. The molecule has 1 aromatic heterocycles. The van der Waals surface area contributed by atoms with Crippen LogP contribution in [0.3, 0.4) is 0 Å². The molecule has 0 N–H and O–H groups in total. The number of pyridine rings is 1. The third-order valence-electron chi connectivity index (χ3n) is 3.50. The molecule has 0 aromatic carbocycles. The van der Waals surface area contributed by atoms with Gasteiger partial charge in [-0.15, -0.1) is 0 Å². The molecule has 0 amide bonds. The lowest BCUT2D eigenvalue weighted by Gasteiger charge is -2.44. The van der Waals surface area contributed by atoms with E-state index in [9.17, 15) is 13.2 Å². The average molecular weight is 308 g/mol. The van der Waals surface area contributed by atoms with Gasteiger partial charge in [-0.2, -0.15) is 13.2 Å². The molecule has 1 saturated heterocycles. The van der Waals surface area contributed by atoms with Crippen molar-refractivity contribution < 1.29 is 13.2 Å². The van der Waals surface area contributed by atoms with Crippen LogP contribution in [0.25, 0.3) is 0 Å². The molecule has 112 valence electrons. The van der Waals surface area contributed by atoms with Crippen molar-refractivity contribution in [3.8, 4) is 0 Å². The molecule has 1 aliphatic rings. The molecule has 1 unspecified atom stereocenters. The van der Waals surface area contributed by atoms with Crippen LogP contribution in [0, 0.1) is 0 Å². The summed E-state index contributed by atoms with van der Waals surface area (Å²) in [5.41, 5.74) is 0. The summed E-state index contributed by atoms with van der Waals surface area (Å²) < 4.78 is 39.7. The summed E-state index contributed by atoms with van der Waals surface area (Å²) in [5, 5.41) is 0.381. The molecule has 1 aromatic rings. The van der Waals surface area contributed by atoms with Crippen LogP contribution in [-0.2, 0) is 0 Å².